The zero-order valence-electron chi connectivity index (χ0n) is 7.37. The summed E-state index contributed by atoms with van der Waals surface area (Å²) in [6.07, 6.45) is 1.65. The van der Waals surface area contributed by atoms with Crippen molar-refractivity contribution in [2.45, 2.75) is 0 Å². The molecule has 0 atom stereocenters. The highest BCUT2D eigenvalue weighted by Crippen LogP contribution is 2.25. The van der Waals surface area contributed by atoms with E-state index in [1.807, 2.05) is 28.7 Å². The Bertz CT molecular complexity index is 366. The molecule has 0 saturated heterocycles. The van der Waals surface area contributed by atoms with Gasteiger partial charge < -0.3 is 5.32 Å². The molecule has 0 aliphatic rings. The Hall–Kier alpha value is -1.11. The van der Waals surface area contributed by atoms with Crippen LogP contribution in [0.1, 0.15) is 0 Å². The Kier molecular flexibility index (Phi) is 3.87. The minimum Gasteiger partial charge on any atom is -0.376 e. The van der Waals surface area contributed by atoms with Crippen molar-refractivity contribution in [3.8, 4) is 0 Å². The largest absolute Gasteiger partial charge is 0.376 e. The van der Waals surface area contributed by atoms with Crippen molar-refractivity contribution in [1.82, 2.24) is 0 Å². The molecule has 0 heterocycles. The molecular weight excluding hydrogens is 295 g/mol. The average molecular weight is 304 g/mol. The molecule has 1 N–H and O–H groups in total. The summed E-state index contributed by atoms with van der Waals surface area (Å²) in [7, 11) is 0. The summed E-state index contributed by atoms with van der Waals surface area (Å²) >= 11 is 2.04. The highest BCUT2D eigenvalue weighted by molar-refractivity contribution is 14.1. The predicted molar refractivity (Wildman–Crippen MR) is 64.5 cm³/mol. The normalized spacial score (nSPS) is 9.50. The number of halogens is 1. The van der Waals surface area contributed by atoms with Gasteiger partial charge in [0.15, 0.2) is 0 Å². The van der Waals surface area contributed by atoms with E-state index in [-0.39, 0.29) is 5.69 Å². The van der Waals surface area contributed by atoms with E-state index < -0.39 is 4.92 Å². The van der Waals surface area contributed by atoms with Crippen LogP contribution in [-0.2, 0) is 0 Å². The molecule has 1 aromatic carbocycles. The SMILES string of the molecule is C=CCNc1ccc(I)cc1[N+](=O)[O-]. The van der Waals surface area contributed by atoms with Crippen LogP contribution in [0, 0.1) is 13.7 Å². The summed E-state index contributed by atoms with van der Waals surface area (Å²) in [5.41, 5.74) is 0.620. The van der Waals surface area contributed by atoms with Crippen LogP contribution in [0.3, 0.4) is 0 Å². The van der Waals surface area contributed by atoms with Crippen LogP contribution in [0.25, 0.3) is 0 Å². The standard InChI is InChI=1S/C9H9IN2O2/c1-2-5-11-8-4-3-7(10)6-9(8)12(13)14/h2-4,6,11H,1,5H2. The van der Waals surface area contributed by atoms with Gasteiger partial charge in [0.2, 0.25) is 0 Å². The van der Waals surface area contributed by atoms with Crippen LogP contribution < -0.4 is 5.32 Å². The Morgan fingerprint density at radius 1 is 1.64 bits per heavy atom. The first-order chi connectivity index (χ1) is 6.65. The third kappa shape index (κ3) is 2.69. The van der Waals surface area contributed by atoms with Gasteiger partial charge in [0.25, 0.3) is 5.69 Å². The van der Waals surface area contributed by atoms with Gasteiger partial charge in [0, 0.05) is 16.2 Å². The lowest BCUT2D eigenvalue weighted by Crippen LogP contribution is -2.01. The first kappa shape index (κ1) is 11.0. The third-order valence-corrected chi connectivity index (χ3v) is 2.26. The molecule has 0 aliphatic carbocycles. The fourth-order valence-electron chi connectivity index (χ4n) is 0.987. The summed E-state index contributed by atoms with van der Waals surface area (Å²) in [5, 5.41) is 13.6. The van der Waals surface area contributed by atoms with Crippen LogP contribution in [0.4, 0.5) is 11.4 Å². The summed E-state index contributed by atoms with van der Waals surface area (Å²) in [4.78, 5) is 10.3. The van der Waals surface area contributed by atoms with E-state index in [1.165, 1.54) is 6.07 Å². The Labute approximate surface area is 95.3 Å². The van der Waals surface area contributed by atoms with E-state index in [0.29, 0.717) is 12.2 Å². The molecular formula is C9H9IN2O2. The summed E-state index contributed by atoms with van der Waals surface area (Å²) in [5.74, 6) is 0. The topological polar surface area (TPSA) is 55.2 Å². The molecule has 0 unspecified atom stereocenters. The maximum Gasteiger partial charge on any atom is 0.293 e. The molecule has 4 nitrogen and oxygen atoms in total. The number of rotatable bonds is 4. The van der Waals surface area contributed by atoms with Gasteiger partial charge in [-0.25, -0.2) is 0 Å². The maximum atomic E-state index is 10.7. The first-order valence-electron chi connectivity index (χ1n) is 3.94. The molecule has 1 aromatic rings. The molecule has 0 aromatic heterocycles. The lowest BCUT2D eigenvalue weighted by atomic mass is 10.2. The number of hydrogen-bond acceptors (Lipinski definition) is 3. The smallest absolute Gasteiger partial charge is 0.293 e. The highest BCUT2D eigenvalue weighted by atomic mass is 127. The predicted octanol–water partition coefficient (Wildman–Crippen LogP) is 2.80. The van der Waals surface area contributed by atoms with E-state index in [2.05, 4.69) is 11.9 Å². The highest BCUT2D eigenvalue weighted by Gasteiger charge is 2.12. The molecule has 0 spiro atoms. The van der Waals surface area contributed by atoms with Crippen LogP contribution in [0.15, 0.2) is 30.9 Å². The quantitative estimate of drug-likeness (QED) is 0.403. The van der Waals surface area contributed by atoms with Gasteiger partial charge >= 0.3 is 0 Å². The van der Waals surface area contributed by atoms with Gasteiger partial charge in [-0.05, 0) is 34.7 Å². The summed E-state index contributed by atoms with van der Waals surface area (Å²) in [6, 6.07) is 5.05. The average Bonchev–Trinajstić information content (AvgIpc) is 2.15. The molecule has 0 amide bonds. The minimum absolute atomic E-state index is 0.0961. The minimum atomic E-state index is -0.395. The fourth-order valence-corrected chi connectivity index (χ4v) is 1.46. The van der Waals surface area contributed by atoms with Crippen molar-refractivity contribution >= 4 is 34.0 Å². The second-order valence-corrected chi connectivity index (χ2v) is 3.83. The zero-order chi connectivity index (χ0) is 10.6. The maximum absolute atomic E-state index is 10.7. The second-order valence-electron chi connectivity index (χ2n) is 2.59. The Morgan fingerprint density at radius 3 is 2.93 bits per heavy atom. The number of nitro groups is 1. The van der Waals surface area contributed by atoms with Crippen LogP contribution in [0.5, 0.6) is 0 Å². The van der Waals surface area contributed by atoms with Crippen LogP contribution in [0.2, 0.25) is 0 Å². The molecule has 0 saturated carbocycles. The number of nitro benzene ring substituents is 1. The van der Waals surface area contributed by atoms with Gasteiger partial charge in [0.05, 0.1) is 4.92 Å². The Morgan fingerprint density at radius 2 is 2.36 bits per heavy atom. The van der Waals surface area contributed by atoms with Gasteiger partial charge in [-0.15, -0.1) is 6.58 Å². The van der Waals surface area contributed by atoms with E-state index in [1.54, 1.807) is 12.1 Å². The summed E-state index contributed by atoms with van der Waals surface area (Å²) < 4.78 is 0.846. The fraction of sp³-hybridized carbons (Fsp3) is 0.111. The van der Waals surface area contributed by atoms with E-state index in [0.717, 1.165) is 3.57 Å². The van der Waals surface area contributed by atoms with Gasteiger partial charge in [-0.3, -0.25) is 10.1 Å². The van der Waals surface area contributed by atoms with Crippen molar-refractivity contribution in [1.29, 1.82) is 0 Å². The molecule has 14 heavy (non-hydrogen) atoms. The molecule has 74 valence electrons. The number of hydrogen-bond donors (Lipinski definition) is 1. The van der Waals surface area contributed by atoms with Gasteiger partial charge in [-0.2, -0.15) is 0 Å². The van der Waals surface area contributed by atoms with Gasteiger partial charge in [0.1, 0.15) is 5.69 Å². The van der Waals surface area contributed by atoms with E-state index in [4.69, 9.17) is 0 Å². The lowest BCUT2D eigenvalue weighted by Gasteiger charge is -2.04. The van der Waals surface area contributed by atoms with Crippen molar-refractivity contribution in [3.05, 3.63) is 44.5 Å². The number of benzene rings is 1. The second kappa shape index (κ2) is 4.94. The van der Waals surface area contributed by atoms with Crippen molar-refractivity contribution in [2.24, 2.45) is 0 Å². The molecule has 0 aliphatic heterocycles. The molecule has 0 radical (unpaired) electrons. The van der Waals surface area contributed by atoms with Crippen LogP contribution >= 0.6 is 22.6 Å². The monoisotopic (exact) mass is 304 g/mol. The Balaban J connectivity index is 3.01. The number of nitrogens with one attached hydrogen (secondary N) is 1. The first-order valence-corrected chi connectivity index (χ1v) is 5.01. The zero-order valence-corrected chi connectivity index (χ0v) is 9.52. The van der Waals surface area contributed by atoms with Gasteiger partial charge in [-0.1, -0.05) is 6.08 Å². The number of nitrogens with zero attached hydrogens (tertiary/aromatic N) is 1. The van der Waals surface area contributed by atoms with E-state index >= 15 is 0 Å². The molecule has 0 bridgehead atoms. The van der Waals surface area contributed by atoms with Crippen molar-refractivity contribution < 1.29 is 4.92 Å². The van der Waals surface area contributed by atoms with Crippen molar-refractivity contribution in [2.75, 3.05) is 11.9 Å². The lowest BCUT2D eigenvalue weighted by molar-refractivity contribution is -0.384. The third-order valence-electron chi connectivity index (χ3n) is 1.59. The molecule has 0 fully saturated rings. The van der Waals surface area contributed by atoms with E-state index in [9.17, 15) is 10.1 Å². The molecule has 5 heteroatoms. The molecule has 1 rings (SSSR count). The van der Waals surface area contributed by atoms with Crippen LogP contribution in [-0.4, -0.2) is 11.5 Å². The summed E-state index contributed by atoms with van der Waals surface area (Å²) in [6.45, 7) is 4.05. The van der Waals surface area contributed by atoms with Crippen molar-refractivity contribution in [3.63, 3.8) is 0 Å². The number of anilines is 1.